The van der Waals surface area contributed by atoms with Crippen LogP contribution in [0.2, 0.25) is 0 Å². The fourth-order valence-electron chi connectivity index (χ4n) is 3.12. The Labute approximate surface area is 151 Å². The third kappa shape index (κ3) is 5.72. The lowest BCUT2D eigenvalue weighted by atomic mass is 9.79. The average Bonchev–Trinajstić information content (AvgIpc) is 2.91. The molecule has 0 unspecified atom stereocenters. The predicted molar refractivity (Wildman–Crippen MR) is 101 cm³/mol. The highest BCUT2D eigenvalue weighted by molar-refractivity contribution is 6.62. The molecule has 1 saturated heterocycles. The van der Waals surface area contributed by atoms with Gasteiger partial charge in [0.05, 0.1) is 18.3 Å². The Balaban J connectivity index is 2.07. The Morgan fingerprint density at radius 1 is 1.32 bits per heavy atom. The molecule has 0 saturated carbocycles. The number of carbonyl (C=O) groups excluding carboxylic acids is 1. The molecule has 2 rings (SSSR count). The van der Waals surface area contributed by atoms with Crippen molar-refractivity contribution in [1.29, 1.82) is 0 Å². The van der Waals surface area contributed by atoms with E-state index in [1.165, 1.54) is 5.57 Å². The molecular formula is C20H29BO4. The predicted octanol–water partition coefficient (Wildman–Crippen LogP) is 3.65. The number of benzene rings is 1. The van der Waals surface area contributed by atoms with Crippen molar-refractivity contribution in [2.75, 3.05) is 6.61 Å². The summed E-state index contributed by atoms with van der Waals surface area (Å²) in [6.45, 7) is 8.51. The van der Waals surface area contributed by atoms with E-state index in [0.29, 0.717) is 19.4 Å². The molecule has 0 aromatic heterocycles. The number of hydrogen-bond acceptors (Lipinski definition) is 4. The first-order valence-corrected chi connectivity index (χ1v) is 9.12. The number of hydrogen-bond donors (Lipinski definition) is 0. The molecule has 0 radical (unpaired) electrons. The number of allylic oxidation sites excluding steroid dienone is 2. The van der Waals surface area contributed by atoms with E-state index in [9.17, 15) is 4.79 Å². The monoisotopic (exact) mass is 344 g/mol. The molecule has 2 atom stereocenters. The summed E-state index contributed by atoms with van der Waals surface area (Å²) >= 11 is 0. The van der Waals surface area contributed by atoms with E-state index in [1.54, 1.807) is 0 Å². The Kier molecular flexibility index (Phi) is 7.27. The van der Waals surface area contributed by atoms with Gasteiger partial charge < -0.3 is 14.0 Å². The van der Waals surface area contributed by atoms with Gasteiger partial charge in [-0.15, -0.1) is 0 Å². The molecule has 0 bridgehead atoms. The van der Waals surface area contributed by atoms with Crippen LogP contribution in [0.3, 0.4) is 0 Å². The molecule has 1 heterocycles. The Hall–Kier alpha value is -1.59. The van der Waals surface area contributed by atoms with E-state index in [2.05, 4.69) is 26.8 Å². The lowest BCUT2D eigenvalue weighted by Crippen LogP contribution is -2.38. The first kappa shape index (κ1) is 19.7. The quantitative estimate of drug-likeness (QED) is 0.410. The average molecular weight is 344 g/mol. The van der Waals surface area contributed by atoms with Crippen LogP contribution in [-0.4, -0.2) is 31.4 Å². The molecule has 0 amide bonds. The number of esters is 1. The van der Waals surface area contributed by atoms with Gasteiger partial charge in [0.2, 0.25) is 0 Å². The Morgan fingerprint density at radius 2 is 2.04 bits per heavy atom. The van der Waals surface area contributed by atoms with E-state index in [4.69, 9.17) is 14.0 Å². The van der Waals surface area contributed by atoms with E-state index in [0.717, 1.165) is 18.3 Å². The van der Waals surface area contributed by atoms with Crippen molar-refractivity contribution in [1.82, 2.24) is 0 Å². The van der Waals surface area contributed by atoms with Gasteiger partial charge in [0, 0.05) is 6.42 Å². The topological polar surface area (TPSA) is 44.8 Å². The second-order valence-corrected chi connectivity index (χ2v) is 6.96. The standard InChI is InChI=1S/C20H29BO4/c1-5-23-19(22)14-13-18-20(4,15-9-10-16(2)3)25-21(24-18)17-11-7-6-8-12-17/h6-8,10-12,18H,5,9,13-15H2,1-4H3/t18-,20-/m1/s1. The zero-order chi connectivity index (χ0) is 18.3. The number of carbonyl (C=O) groups is 1. The maximum absolute atomic E-state index is 11.7. The summed E-state index contributed by atoms with van der Waals surface area (Å²) in [6.07, 6.45) is 4.82. The van der Waals surface area contributed by atoms with Crippen molar-refractivity contribution in [2.24, 2.45) is 0 Å². The van der Waals surface area contributed by atoms with E-state index in [1.807, 2.05) is 37.3 Å². The van der Waals surface area contributed by atoms with Gasteiger partial charge in [0.1, 0.15) is 0 Å². The summed E-state index contributed by atoms with van der Waals surface area (Å²) in [4.78, 5) is 11.7. The smallest absolute Gasteiger partial charge is 0.466 e. The van der Waals surface area contributed by atoms with Gasteiger partial charge in [0.25, 0.3) is 0 Å². The van der Waals surface area contributed by atoms with Gasteiger partial charge in [-0.2, -0.15) is 0 Å². The first-order valence-electron chi connectivity index (χ1n) is 9.12. The molecule has 0 N–H and O–H groups in total. The molecular weight excluding hydrogens is 315 g/mol. The summed E-state index contributed by atoms with van der Waals surface area (Å²) in [5.41, 5.74) is 1.89. The molecule has 0 aliphatic carbocycles. The van der Waals surface area contributed by atoms with Crippen LogP contribution >= 0.6 is 0 Å². The van der Waals surface area contributed by atoms with Gasteiger partial charge in [-0.25, -0.2) is 0 Å². The summed E-state index contributed by atoms with van der Waals surface area (Å²) in [5, 5.41) is 0. The van der Waals surface area contributed by atoms with Crippen LogP contribution in [0.25, 0.3) is 0 Å². The van der Waals surface area contributed by atoms with Crippen molar-refractivity contribution >= 4 is 18.6 Å². The van der Waals surface area contributed by atoms with Gasteiger partial charge in [-0.1, -0.05) is 42.0 Å². The van der Waals surface area contributed by atoms with E-state index in [-0.39, 0.29) is 19.2 Å². The highest BCUT2D eigenvalue weighted by Gasteiger charge is 2.48. The van der Waals surface area contributed by atoms with Crippen LogP contribution in [0, 0.1) is 0 Å². The lowest BCUT2D eigenvalue weighted by molar-refractivity contribution is -0.143. The summed E-state index contributed by atoms with van der Waals surface area (Å²) in [7, 11) is -0.384. The van der Waals surface area contributed by atoms with Crippen molar-refractivity contribution in [3.63, 3.8) is 0 Å². The van der Waals surface area contributed by atoms with Crippen molar-refractivity contribution < 1.29 is 18.8 Å². The molecule has 1 aromatic rings. The van der Waals surface area contributed by atoms with Crippen molar-refractivity contribution in [3.8, 4) is 0 Å². The van der Waals surface area contributed by atoms with Crippen LogP contribution in [0.15, 0.2) is 42.0 Å². The van der Waals surface area contributed by atoms with Crippen molar-refractivity contribution in [2.45, 2.75) is 65.1 Å². The molecule has 1 aliphatic heterocycles. The highest BCUT2D eigenvalue weighted by atomic mass is 16.7. The summed E-state index contributed by atoms with van der Waals surface area (Å²) in [5.74, 6) is -0.180. The number of rotatable bonds is 8. The Bertz CT molecular complexity index is 583. The van der Waals surface area contributed by atoms with Crippen LogP contribution in [-0.2, 0) is 18.8 Å². The summed E-state index contributed by atoms with van der Waals surface area (Å²) < 4.78 is 17.6. The third-order valence-corrected chi connectivity index (χ3v) is 4.53. The Morgan fingerprint density at radius 3 is 2.68 bits per heavy atom. The molecule has 1 aliphatic rings. The van der Waals surface area contributed by atoms with E-state index >= 15 is 0 Å². The zero-order valence-electron chi connectivity index (χ0n) is 15.8. The maximum atomic E-state index is 11.7. The fraction of sp³-hybridized carbons (Fsp3) is 0.550. The van der Waals surface area contributed by atoms with Crippen LogP contribution < -0.4 is 5.46 Å². The summed E-state index contributed by atoms with van der Waals surface area (Å²) in [6, 6.07) is 9.96. The molecule has 5 heteroatoms. The van der Waals surface area contributed by atoms with Gasteiger partial charge in [-0.05, 0) is 52.4 Å². The first-order chi connectivity index (χ1) is 11.9. The highest BCUT2D eigenvalue weighted by Crippen LogP contribution is 2.35. The molecule has 25 heavy (non-hydrogen) atoms. The molecule has 0 spiro atoms. The number of ether oxygens (including phenoxy) is 1. The molecule has 136 valence electrons. The van der Waals surface area contributed by atoms with Gasteiger partial charge in [0.15, 0.2) is 0 Å². The lowest BCUT2D eigenvalue weighted by Gasteiger charge is -2.29. The minimum Gasteiger partial charge on any atom is -0.466 e. The van der Waals surface area contributed by atoms with Crippen LogP contribution in [0.5, 0.6) is 0 Å². The van der Waals surface area contributed by atoms with Gasteiger partial charge >= 0.3 is 13.1 Å². The minimum absolute atomic E-state index is 0.132. The van der Waals surface area contributed by atoms with Crippen molar-refractivity contribution in [3.05, 3.63) is 42.0 Å². The third-order valence-electron chi connectivity index (χ3n) is 4.53. The fourth-order valence-corrected chi connectivity index (χ4v) is 3.12. The normalized spacial score (nSPS) is 22.7. The molecule has 4 nitrogen and oxygen atoms in total. The second-order valence-electron chi connectivity index (χ2n) is 6.96. The minimum atomic E-state index is -0.418. The second kappa shape index (κ2) is 9.21. The van der Waals surface area contributed by atoms with Crippen LogP contribution in [0.4, 0.5) is 0 Å². The molecule has 1 aromatic carbocycles. The zero-order valence-corrected chi connectivity index (χ0v) is 15.8. The van der Waals surface area contributed by atoms with Gasteiger partial charge in [-0.3, -0.25) is 4.79 Å². The molecule has 1 fully saturated rings. The van der Waals surface area contributed by atoms with E-state index < -0.39 is 5.60 Å². The van der Waals surface area contributed by atoms with Crippen LogP contribution in [0.1, 0.15) is 53.4 Å². The maximum Gasteiger partial charge on any atom is 0.494 e. The SMILES string of the molecule is CCOC(=O)CC[C@H]1OB(c2ccccc2)O[C@]1(C)CCC=C(C)C. The largest absolute Gasteiger partial charge is 0.494 e.